The van der Waals surface area contributed by atoms with Crippen molar-refractivity contribution in [2.24, 2.45) is 4.99 Å². The van der Waals surface area contributed by atoms with Crippen LogP contribution in [0.25, 0.3) is 0 Å². The maximum atomic E-state index is 5.90. The molecule has 3 nitrogen and oxygen atoms in total. The van der Waals surface area contributed by atoms with Crippen molar-refractivity contribution in [2.45, 2.75) is 20.4 Å². The minimum absolute atomic E-state index is 0.635. The molecule has 0 amide bonds. The minimum Gasteiger partial charge on any atom is -0.357 e. The van der Waals surface area contributed by atoms with Gasteiger partial charge in [-0.25, -0.2) is 4.99 Å². The van der Waals surface area contributed by atoms with Crippen LogP contribution in [0, 0.1) is 0 Å². The zero-order valence-corrected chi connectivity index (χ0v) is 10.5. The van der Waals surface area contributed by atoms with E-state index in [9.17, 15) is 0 Å². The van der Waals surface area contributed by atoms with Gasteiger partial charge in [-0.15, -0.1) is 0 Å². The Kier molecular flexibility index (Phi) is 5.72. The molecule has 0 saturated heterocycles. The van der Waals surface area contributed by atoms with Gasteiger partial charge in [0.05, 0.1) is 6.54 Å². The van der Waals surface area contributed by atoms with Crippen LogP contribution in [0.1, 0.15) is 19.4 Å². The molecule has 1 aromatic rings. The van der Waals surface area contributed by atoms with Crippen LogP contribution in [0.15, 0.2) is 29.3 Å². The fraction of sp³-hybridized carbons (Fsp3) is 0.417. The number of nitrogens with one attached hydrogen (secondary N) is 2. The van der Waals surface area contributed by atoms with Gasteiger partial charge in [0, 0.05) is 18.1 Å². The summed E-state index contributed by atoms with van der Waals surface area (Å²) in [4.78, 5) is 4.45. The molecule has 0 aliphatic rings. The predicted octanol–water partition coefficient (Wildman–Crippen LogP) is 2.42. The van der Waals surface area contributed by atoms with Gasteiger partial charge in [-0.2, -0.15) is 0 Å². The van der Waals surface area contributed by atoms with Crippen molar-refractivity contribution in [3.63, 3.8) is 0 Å². The summed E-state index contributed by atoms with van der Waals surface area (Å²) < 4.78 is 0. The molecule has 16 heavy (non-hydrogen) atoms. The van der Waals surface area contributed by atoms with E-state index < -0.39 is 0 Å². The molecule has 0 saturated carbocycles. The van der Waals surface area contributed by atoms with Crippen LogP contribution in [0.3, 0.4) is 0 Å². The van der Waals surface area contributed by atoms with Crippen molar-refractivity contribution in [1.82, 2.24) is 10.6 Å². The van der Waals surface area contributed by atoms with Crippen LogP contribution in [0.5, 0.6) is 0 Å². The van der Waals surface area contributed by atoms with Crippen molar-refractivity contribution < 1.29 is 0 Å². The molecule has 1 aromatic carbocycles. The first-order chi connectivity index (χ1) is 7.76. The lowest BCUT2D eigenvalue weighted by Crippen LogP contribution is -2.36. The number of halogens is 1. The standard InChI is InChI=1S/C12H18ClN3/c1-3-14-12(15-4-2)16-9-10-6-5-7-11(13)8-10/h5-8H,3-4,9H2,1-2H3,(H2,14,15,16). The smallest absolute Gasteiger partial charge is 0.191 e. The minimum atomic E-state index is 0.635. The van der Waals surface area contributed by atoms with Gasteiger partial charge in [-0.3, -0.25) is 0 Å². The molecule has 0 bridgehead atoms. The molecule has 1 rings (SSSR count). The molecule has 88 valence electrons. The zero-order valence-electron chi connectivity index (χ0n) is 9.76. The third-order valence-corrected chi connectivity index (χ3v) is 2.23. The summed E-state index contributed by atoms with van der Waals surface area (Å²) in [6.45, 7) is 6.46. The molecule has 0 heterocycles. The Morgan fingerprint density at radius 2 is 1.94 bits per heavy atom. The highest BCUT2D eigenvalue weighted by molar-refractivity contribution is 6.30. The van der Waals surface area contributed by atoms with Crippen molar-refractivity contribution in [1.29, 1.82) is 0 Å². The van der Waals surface area contributed by atoms with E-state index in [2.05, 4.69) is 15.6 Å². The Labute approximate surface area is 102 Å². The maximum Gasteiger partial charge on any atom is 0.191 e. The third-order valence-electron chi connectivity index (χ3n) is 2.00. The quantitative estimate of drug-likeness (QED) is 0.626. The fourth-order valence-electron chi connectivity index (χ4n) is 1.31. The van der Waals surface area contributed by atoms with Crippen LogP contribution >= 0.6 is 11.6 Å². The highest BCUT2D eigenvalue weighted by atomic mass is 35.5. The topological polar surface area (TPSA) is 36.4 Å². The van der Waals surface area contributed by atoms with Gasteiger partial charge in [-0.05, 0) is 31.5 Å². The highest BCUT2D eigenvalue weighted by Crippen LogP contribution is 2.11. The van der Waals surface area contributed by atoms with Crippen molar-refractivity contribution in [2.75, 3.05) is 13.1 Å². The molecule has 0 fully saturated rings. The van der Waals surface area contributed by atoms with E-state index in [0.29, 0.717) is 6.54 Å². The van der Waals surface area contributed by atoms with E-state index in [0.717, 1.165) is 29.6 Å². The third kappa shape index (κ3) is 4.53. The number of benzene rings is 1. The summed E-state index contributed by atoms with van der Waals surface area (Å²) in [5, 5.41) is 7.10. The first-order valence-corrected chi connectivity index (χ1v) is 5.90. The summed E-state index contributed by atoms with van der Waals surface area (Å²) in [5.74, 6) is 0.838. The number of aliphatic imine (C=N–C) groups is 1. The van der Waals surface area contributed by atoms with Crippen LogP contribution in [0.4, 0.5) is 0 Å². The average molecular weight is 240 g/mol. The second-order valence-electron chi connectivity index (χ2n) is 3.36. The monoisotopic (exact) mass is 239 g/mol. The van der Waals surface area contributed by atoms with Gasteiger partial charge in [0.2, 0.25) is 0 Å². The summed E-state index contributed by atoms with van der Waals surface area (Å²) in [6.07, 6.45) is 0. The van der Waals surface area contributed by atoms with Crippen molar-refractivity contribution >= 4 is 17.6 Å². The van der Waals surface area contributed by atoms with E-state index in [-0.39, 0.29) is 0 Å². The van der Waals surface area contributed by atoms with Crippen molar-refractivity contribution in [3.05, 3.63) is 34.9 Å². The Morgan fingerprint density at radius 3 is 2.50 bits per heavy atom. The van der Waals surface area contributed by atoms with E-state index in [1.54, 1.807) is 0 Å². The lowest BCUT2D eigenvalue weighted by atomic mass is 10.2. The molecule has 0 atom stereocenters. The second-order valence-corrected chi connectivity index (χ2v) is 3.79. The molecule has 0 aliphatic carbocycles. The molecular weight excluding hydrogens is 222 g/mol. The molecule has 2 N–H and O–H groups in total. The molecule has 4 heteroatoms. The molecule has 0 unspecified atom stereocenters. The predicted molar refractivity (Wildman–Crippen MR) is 69.9 cm³/mol. The molecule has 0 radical (unpaired) electrons. The summed E-state index contributed by atoms with van der Waals surface area (Å²) in [5.41, 5.74) is 1.11. The second kappa shape index (κ2) is 7.12. The normalized spacial score (nSPS) is 9.69. The van der Waals surface area contributed by atoms with E-state index in [1.165, 1.54) is 0 Å². The summed E-state index contributed by atoms with van der Waals surface area (Å²) in [6, 6.07) is 7.75. The summed E-state index contributed by atoms with van der Waals surface area (Å²) >= 11 is 5.90. The van der Waals surface area contributed by atoms with Gasteiger partial charge in [-0.1, -0.05) is 23.7 Å². The zero-order chi connectivity index (χ0) is 11.8. The van der Waals surface area contributed by atoms with Crippen LogP contribution in [-0.4, -0.2) is 19.0 Å². The number of guanidine groups is 1. The largest absolute Gasteiger partial charge is 0.357 e. The number of hydrogen-bond acceptors (Lipinski definition) is 1. The SMILES string of the molecule is CCNC(=NCc1cccc(Cl)c1)NCC. The number of rotatable bonds is 4. The van der Waals surface area contributed by atoms with Gasteiger partial charge < -0.3 is 10.6 Å². The Morgan fingerprint density at radius 1 is 1.25 bits per heavy atom. The van der Waals surface area contributed by atoms with Gasteiger partial charge in [0.25, 0.3) is 0 Å². The van der Waals surface area contributed by atoms with E-state index >= 15 is 0 Å². The van der Waals surface area contributed by atoms with Crippen LogP contribution in [-0.2, 0) is 6.54 Å². The molecular formula is C12H18ClN3. The average Bonchev–Trinajstić information content (AvgIpc) is 2.27. The van der Waals surface area contributed by atoms with Gasteiger partial charge in [0.15, 0.2) is 5.96 Å². The van der Waals surface area contributed by atoms with E-state index in [4.69, 9.17) is 11.6 Å². The summed E-state index contributed by atoms with van der Waals surface area (Å²) in [7, 11) is 0. The van der Waals surface area contributed by atoms with Crippen LogP contribution < -0.4 is 10.6 Å². The lowest BCUT2D eigenvalue weighted by Gasteiger charge is -2.08. The van der Waals surface area contributed by atoms with Gasteiger partial charge in [0.1, 0.15) is 0 Å². The Bertz CT molecular complexity index is 342. The Balaban J connectivity index is 2.61. The van der Waals surface area contributed by atoms with Gasteiger partial charge >= 0.3 is 0 Å². The highest BCUT2D eigenvalue weighted by Gasteiger charge is 1.96. The van der Waals surface area contributed by atoms with Crippen LogP contribution in [0.2, 0.25) is 5.02 Å². The fourth-order valence-corrected chi connectivity index (χ4v) is 1.53. The van der Waals surface area contributed by atoms with E-state index in [1.807, 2.05) is 38.1 Å². The first-order valence-electron chi connectivity index (χ1n) is 5.53. The first kappa shape index (κ1) is 12.8. The molecule has 0 aromatic heterocycles. The molecule has 0 spiro atoms. The lowest BCUT2D eigenvalue weighted by molar-refractivity contribution is 0.839. The molecule has 0 aliphatic heterocycles. The van der Waals surface area contributed by atoms with Crippen molar-refractivity contribution in [3.8, 4) is 0 Å². The Hall–Kier alpha value is -1.22. The maximum absolute atomic E-state index is 5.90. The number of nitrogens with zero attached hydrogens (tertiary/aromatic N) is 1. The number of hydrogen-bond donors (Lipinski definition) is 2.